The largest absolute Gasteiger partial charge is 0.312 e. The van der Waals surface area contributed by atoms with Gasteiger partial charge in [0, 0.05) is 7.05 Å². The number of hydrogen-bond donors (Lipinski definition) is 0. The van der Waals surface area contributed by atoms with E-state index >= 15 is 0 Å². The molecule has 4 heteroatoms. The summed E-state index contributed by atoms with van der Waals surface area (Å²) in [6.07, 6.45) is 0. The Balaban J connectivity index is 3.20. The second kappa shape index (κ2) is 3.80. The van der Waals surface area contributed by atoms with Crippen molar-refractivity contribution in [3.05, 3.63) is 27.8 Å². The highest BCUT2D eigenvalue weighted by Crippen LogP contribution is 2.25. The van der Waals surface area contributed by atoms with Crippen LogP contribution in [0.4, 0.5) is 0 Å². The Morgan fingerprint density at radius 2 is 2.23 bits per heavy atom. The predicted octanol–water partition coefficient (Wildman–Crippen LogP) is 2.62. The quantitative estimate of drug-likeness (QED) is 0.669. The van der Waals surface area contributed by atoms with Crippen LogP contribution in [0.15, 0.2) is 0 Å². The SMILES string of the molecule is [C-]#[N+]Cc1c(C(C)C)nn(C)c1Cl. The molecule has 0 radical (unpaired) electrons. The summed E-state index contributed by atoms with van der Waals surface area (Å²) in [6.45, 7) is 11.2. The zero-order valence-corrected chi connectivity index (χ0v) is 8.76. The summed E-state index contributed by atoms with van der Waals surface area (Å²) < 4.78 is 1.62. The van der Waals surface area contributed by atoms with Gasteiger partial charge in [-0.1, -0.05) is 25.4 Å². The first-order valence-electron chi connectivity index (χ1n) is 4.12. The minimum absolute atomic E-state index is 0.315. The van der Waals surface area contributed by atoms with Gasteiger partial charge in [-0.25, -0.2) is 6.57 Å². The first kappa shape index (κ1) is 10.1. The molecule has 0 N–H and O–H groups in total. The molecule has 3 nitrogen and oxygen atoms in total. The molecule has 0 spiro atoms. The van der Waals surface area contributed by atoms with Crippen LogP contribution in [0.1, 0.15) is 31.0 Å². The lowest BCUT2D eigenvalue weighted by atomic mass is 10.1. The third-order valence-corrected chi connectivity index (χ3v) is 2.36. The van der Waals surface area contributed by atoms with Crippen molar-refractivity contribution in [2.24, 2.45) is 7.05 Å². The molecule has 0 amide bonds. The summed E-state index contributed by atoms with van der Waals surface area (Å²) in [7, 11) is 1.79. The lowest BCUT2D eigenvalue weighted by molar-refractivity contribution is 0.712. The number of halogens is 1. The van der Waals surface area contributed by atoms with Crippen LogP contribution in [-0.2, 0) is 13.6 Å². The second-order valence-corrected chi connectivity index (χ2v) is 3.61. The van der Waals surface area contributed by atoms with Crippen LogP contribution in [0.25, 0.3) is 4.85 Å². The summed E-state index contributed by atoms with van der Waals surface area (Å²) in [5, 5.41) is 4.85. The van der Waals surface area contributed by atoms with Crippen LogP contribution in [0.2, 0.25) is 5.15 Å². The molecule has 0 aliphatic carbocycles. The van der Waals surface area contributed by atoms with E-state index in [9.17, 15) is 0 Å². The van der Waals surface area contributed by atoms with E-state index in [1.807, 2.05) is 13.8 Å². The van der Waals surface area contributed by atoms with Gasteiger partial charge in [0.05, 0.1) is 11.3 Å². The fourth-order valence-corrected chi connectivity index (χ4v) is 1.45. The maximum Gasteiger partial charge on any atom is 0.244 e. The Hall–Kier alpha value is -1.01. The highest BCUT2D eigenvalue weighted by Gasteiger charge is 2.18. The average Bonchev–Trinajstić information content (AvgIpc) is 2.33. The lowest BCUT2D eigenvalue weighted by Gasteiger charge is -1.99. The van der Waals surface area contributed by atoms with Crippen molar-refractivity contribution in [2.45, 2.75) is 26.3 Å². The van der Waals surface area contributed by atoms with Gasteiger partial charge in [-0.3, -0.25) is 4.68 Å². The Labute approximate surface area is 83.1 Å². The van der Waals surface area contributed by atoms with Crippen molar-refractivity contribution in [3.63, 3.8) is 0 Å². The fraction of sp³-hybridized carbons (Fsp3) is 0.556. The smallest absolute Gasteiger partial charge is 0.244 e. The van der Waals surface area contributed by atoms with Crippen molar-refractivity contribution in [2.75, 3.05) is 0 Å². The number of aromatic nitrogens is 2. The van der Waals surface area contributed by atoms with Gasteiger partial charge >= 0.3 is 0 Å². The van der Waals surface area contributed by atoms with Crippen molar-refractivity contribution in [3.8, 4) is 0 Å². The molecular formula is C9H12ClN3. The minimum Gasteiger partial charge on any atom is -0.312 e. The molecule has 0 aliphatic rings. The van der Waals surface area contributed by atoms with Gasteiger partial charge in [0.1, 0.15) is 5.15 Å². The molecule has 0 aliphatic heterocycles. The van der Waals surface area contributed by atoms with Crippen molar-refractivity contribution in [1.82, 2.24) is 9.78 Å². The van der Waals surface area contributed by atoms with E-state index in [1.54, 1.807) is 11.7 Å². The molecule has 1 heterocycles. The average molecular weight is 198 g/mol. The van der Waals surface area contributed by atoms with Gasteiger partial charge in [-0.05, 0) is 5.92 Å². The van der Waals surface area contributed by atoms with Crippen LogP contribution in [0.5, 0.6) is 0 Å². The van der Waals surface area contributed by atoms with E-state index in [-0.39, 0.29) is 0 Å². The van der Waals surface area contributed by atoms with Crippen LogP contribution in [0.3, 0.4) is 0 Å². The van der Waals surface area contributed by atoms with Crippen molar-refractivity contribution < 1.29 is 0 Å². The van der Waals surface area contributed by atoms with Crippen LogP contribution < -0.4 is 0 Å². The Bertz CT molecular complexity index is 346. The number of hydrogen-bond acceptors (Lipinski definition) is 1. The van der Waals surface area contributed by atoms with Gasteiger partial charge in [-0.15, -0.1) is 0 Å². The number of nitrogens with zero attached hydrogens (tertiary/aromatic N) is 3. The molecule has 0 atom stereocenters. The molecular weight excluding hydrogens is 186 g/mol. The van der Waals surface area contributed by atoms with E-state index in [1.165, 1.54) is 0 Å². The Morgan fingerprint density at radius 1 is 1.62 bits per heavy atom. The maximum absolute atomic E-state index is 6.81. The number of rotatable bonds is 2. The van der Waals surface area contributed by atoms with Gasteiger partial charge < -0.3 is 4.85 Å². The van der Waals surface area contributed by atoms with Crippen LogP contribution in [-0.4, -0.2) is 9.78 Å². The highest BCUT2D eigenvalue weighted by molar-refractivity contribution is 6.30. The van der Waals surface area contributed by atoms with Crippen molar-refractivity contribution in [1.29, 1.82) is 0 Å². The monoisotopic (exact) mass is 197 g/mol. The molecule has 0 saturated carbocycles. The topological polar surface area (TPSA) is 22.2 Å². The molecule has 0 fully saturated rings. The molecule has 0 aromatic carbocycles. The van der Waals surface area contributed by atoms with E-state index < -0.39 is 0 Å². The van der Waals surface area contributed by atoms with E-state index in [2.05, 4.69) is 9.94 Å². The zero-order valence-electron chi connectivity index (χ0n) is 8.00. The summed E-state index contributed by atoms with van der Waals surface area (Å²) in [5.41, 5.74) is 1.80. The van der Waals surface area contributed by atoms with Gasteiger partial charge in [0.2, 0.25) is 6.54 Å². The molecule has 70 valence electrons. The second-order valence-electron chi connectivity index (χ2n) is 3.25. The zero-order chi connectivity index (χ0) is 10.0. The molecule has 0 saturated heterocycles. The third-order valence-electron chi connectivity index (χ3n) is 1.88. The molecule has 1 aromatic rings. The van der Waals surface area contributed by atoms with Gasteiger partial charge in [-0.2, -0.15) is 5.10 Å². The van der Waals surface area contributed by atoms with Crippen LogP contribution >= 0.6 is 11.6 Å². The number of aryl methyl sites for hydroxylation is 1. The summed E-state index contributed by atoms with van der Waals surface area (Å²) in [6, 6.07) is 0. The molecule has 0 unspecified atom stereocenters. The van der Waals surface area contributed by atoms with E-state index in [4.69, 9.17) is 18.2 Å². The highest BCUT2D eigenvalue weighted by atomic mass is 35.5. The standard InChI is InChI=1S/C9H12ClN3/c1-6(2)8-7(5-11-3)9(10)13(4)12-8/h6H,5H2,1-2,4H3. The minimum atomic E-state index is 0.315. The predicted molar refractivity (Wildman–Crippen MR) is 52.6 cm³/mol. The van der Waals surface area contributed by atoms with Gasteiger partial charge in [0.25, 0.3) is 0 Å². The Morgan fingerprint density at radius 3 is 2.69 bits per heavy atom. The summed E-state index contributed by atoms with van der Waals surface area (Å²) in [5.74, 6) is 0.315. The van der Waals surface area contributed by atoms with E-state index in [0.29, 0.717) is 17.6 Å². The summed E-state index contributed by atoms with van der Waals surface area (Å²) in [4.78, 5) is 3.34. The molecule has 0 bridgehead atoms. The normalized spacial score (nSPS) is 10.5. The molecule has 13 heavy (non-hydrogen) atoms. The Kier molecular flexibility index (Phi) is 2.94. The van der Waals surface area contributed by atoms with Crippen molar-refractivity contribution >= 4 is 11.6 Å². The van der Waals surface area contributed by atoms with E-state index in [0.717, 1.165) is 11.3 Å². The molecule has 1 aromatic heterocycles. The summed E-state index contributed by atoms with van der Waals surface area (Å²) >= 11 is 5.99. The fourth-order valence-electron chi connectivity index (χ4n) is 1.26. The first-order valence-corrected chi connectivity index (χ1v) is 4.50. The molecule has 1 rings (SSSR count). The first-order chi connectivity index (χ1) is 6.07. The third kappa shape index (κ3) is 1.84. The van der Waals surface area contributed by atoms with Crippen LogP contribution in [0, 0.1) is 6.57 Å². The van der Waals surface area contributed by atoms with Gasteiger partial charge in [0.15, 0.2) is 0 Å². The lowest BCUT2D eigenvalue weighted by Crippen LogP contribution is -1.94. The maximum atomic E-state index is 6.81.